The molecule has 0 bridgehead atoms. The van der Waals surface area contributed by atoms with E-state index in [1.165, 1.54) is 24.9 Å². The molecule has 2 rings (SSSR count). The zero-order valence-corrected chi connectivity index (χ0v) is 16.7. The molecule has 13 heteroatoms. The number of ether oxygens (including phenoxy) is 4. The number of hydrogen-bond acceptors (Lipinski definition) is 11. The Balaban J connectivity index is 2.10. The van der Waals surface area contributed by atoms with Gasteiger partial charge in [0.05, 0.1) is 25.4 Å². The molecule has 5 atom stereocenters. The van der Waals surface area contributed by atoms with Gasteiger partial charge in [-0.25, -0.2) is 4.68 Å². The van der Waals surface area contributed by atoms with E-state index in [1.807, 2.05) is 0 Å². The van der Waals surface area contributed by atoms with Crippen molar-refractivity contribution < 1.29 is 38.4 Å². The fourth-order valence-corrected chi connectivity index (χ4v) is 2.89. The van der Waals surface area contributed by atoms with Crippen LogP contribution in [0.2, 0.25) is 0 Å². The second kappa shape index (κ2) is 10.6. The van der Waals surface area contributed by atoms with Crippen molar-refractivity contribution in [3.05, 3.63) is 11.9 Å². The third kappa shape index (κ3) is 6.21. The van der Waals surface area contributed by atoms with Gasteiger partial charge in [0.2, 0.25) is 5.91 Å². The highest BCUT2D eigenvalue weighted by atomic mass is 16.7. The largest absolute Gasteiger partial charge is 0.455 e. The Hall–Kier alpha value is -3.08. The molecule has 0 spiro atoms. The number of nitrogens with one attached hydrogen (secondary N) is 1. The summed E-state index contributed by atoms with van der Waals surface area (Å²) < 4.78 is 22.5. The number of methoxy groups -OCH3 is 1. The molecule has 30 heavy (non-hydrogen) atoms. The van der Waals surface area contributed by atoms with Gasteiger partial charge in [-0.05, 0) is 0 Å². The highest BCUT2D eigenvalue weighted by Gasteiger charge is 2.49. The minimum Gasteiger partial charge on any atom is -0.455 e. The average molecular weight is 425 g/mol. The summed E-state index contributed by atoms with van der Waals surface area (Å²) in [5.74, 6) is -1.78. The van der Waals surface area contributed by atoms with Gasteiger partial charge in [0.25, 0.3) is 0 Å². The maximum atomic E-state index is 11.5. The van der Waals surface area contributed by atoms with Gasteiger partial charge < -0.3 is 29.4 Å². The van der Waals surface area contributed by atoms with Gasteiger partial charge in [-0.15, -0.1) is 5.10 Å². The first kappa shape index (κ1) is 23.2. The normalized spacial score (nSPS) is 25.8. The van der Waals surface area contributed by atoms with E-state index in [4.69, 9.17) is 24.2 Å². The third-order valence-corrected chi connectivity index (χ3v) is 4.11. The van der Waals surface area contributed by atoms with E-state index < -0.39 is 48.6 Å². The molecule has 0 saturated carbocycles. The lowest BCUT2D eigenvalue weighted by Gasteiger charge is -2.42. The maximum absolute atomic E-state index is 11.5. The monoisotopic (exact) mass is 425 g/mol. The van der Waals surface area contributed by atoms with E-state index in [-0.39, 0.29) is 19.5 Å². The van der Waals surface area contributed by atoms with Crippen molar-refractivity contribution in [3.63, 3.8) is 0 Å². The minimum absolute atomic E-state index is 0.00469. The first-order valence-electron chi connectivity index (χ1n) is 8.98. The number of aromatic nitrogens is 3. The Morgan fingerprint density at radius 1 is 1.30 bits per heavy atom. The molecule has 1 amide bonds. The average Bonchev–Trinajstić information content (AvgIpc) is 3.12. The maximum Gasteiger partial charge on any atom is 0.303 e. The first-order valence-corrected chi connectivity index (χ1v) is 8.98. The zero-order chi connectivity index (χ0) is 22.3. The molecule has 164 valence electrons. The Bertz CT molecular complexity index is 806. The predicted molar refractivity (Wildman–Crippen MR) is 94.9 cm³/mol. The van der Waals surface area contributed by atoms with Crippen molar-refractivity contribution in [1.29, 1.82) is 5.26 Å². The Labute approximate surface area is 171 Å². The molecular weight excluding hydrogens is 402 g/mol. The summed E-state index contributed by atoms with van der Waals surface area (Å²) in [5, 5.41) is 29.5. The number of carbonyl (C=O) groups is 3. The van der Waals surface area contributed by atoms with Gasteiger partial charge in [-0.1, -0.05) is 5.21 Å². The second-order valence-corrected chi connectivity index (χ2v) is 6.46. The number of hydrogen-bond donors (Lipinski definition) is 2. The van der Waals surface area contributed by atoms with Crippen LogP contribution in [0.15, 0.2) is 6.20 Å². The van der Waals surface area contributed by atoms with Crippen LogP contribution in [0.25, 0.3) is 0 Å². The van der Waals surface area contributed by atoms with Crippen molar-refractivity contribution in [3.8, 4) is 6.07 Å². The molecule has 2 heterocycles. The predicted octanol–water partition coefficient (Wildman–Crippen LogP) is -1.60. The topological polar surface area (TPSA) is 175 Å². The lowest BCUT2D eigenvalue weighted by Crippen LogP contribution is -2.61. The lowest BCUT2D eigenvalue weighted by molar-refractivity contribution is -0.298. The summed E-state index contributed by atoms with van der Waals surface area (Å²) >= 11 is 0. The van der Waals surface area contributed by atoms with Crippen LogP contribution in [0.4, 0.5) is 0 Å². The fraction of sp³-hybridized carbons (Fsp3) is 0.647. The van der Waals surface area contributed by atoms with Crippen LogP contribution in [0.5, 0.6) is 0 Å². The van der Waals surface area contributed by atoms with Crippen LogP contribution in [0.3, 0.4) is 0 Å². The number of aliphatic hydroxyl groups is 1. The molecule has 5 unspecified atom stereocenters. The molecule has 2 N–H and O–H groups in total. The molecule has 1 fully saturated rings. The lowest BCUT2D eigenvalue weighted by atomic mass is 9.98. The van der Waals surface area contributed by atoms with Gasteiger partial charge in [-0.3, -0.25) is 14.4 Å². The minimum atomic E-state index is -1.35. The second-order valence-electron chi connectivity index (χ2n) is 6.46. The van der Waals surface area contributed by atoms with Crippen molar-refractivity contribution in [2.24, 2.45) is 0 Å². The van der Waals surface area contributed by atoms with Crippen molar-refractivity contribution in [2.75, 3.05) is 7.11 Å². The van der Waals surface area contributed by atoms with E-state index in [9.17, 15) is 19.5 Å². The van der Waals surface area contributed by atoms with Crippen molar-refractivity contribution in [2.45, 2.75) is 64.1 Å². The van der Waals surface area contributed by atoms with Crippen molar-refractivity contribution in [1.82, 2.24) is 20.3 Å². The molecule has 0 aromatic carbocycles. The number of amides is 1. The fourth-order valence-electron chi connectivity index (χ4n) is 2.89. The molecule has 1 aliphatic rings. The van der Waals surface area contributed by atoms with Gasteiger partial charge in [-0.2, -0.15) is 5.26 Å². The van der Waals surface area contributed by atoms with Crippen molar-refractivity contribution >= 4 is 17.8 Å². The van der Waals surface area contributed by atoms with Crippen LogP contribution in [0.1, 0.15) is 26.0 Å². The molecule has 1 aromatic heterocycles. The van der Waals surface area contributed by atoms with Gasteiger partial charge in [0, 0.05) is 21.0 Å². The van der Waals surface area contributed by atoms with Crippen LogP contribution < -0.4 is 5.32 Å². The summed E-state index contributed by atoms with van der Waals surface area (Å²) in [6, 6.07) is 1.73. The zero-order valence-electron chi connectivity index (χ0n) is 16.7. The number of esters is 2. The Morgan fingerprint density at radius 2 is 1.97 bits per heavy atom. The first-order chi connectivity index (χ1) is 14.2. The molecule has 1 saturated heterocycles. The molecule has 13 nitrogen and oxygen atoms in total. The number of nitrogens with zero attached hydrogens (tertiary/aromatic N) is 4. The molecular formula is C17H23N5O8. The van der Waals surface area contributed by atoms with E-state index >= 15 is 0 Å². The van der Waals surface area contributed by atoms with E-state index in [0.29, 0.717) is 5.69 Å². The van der Waals surface area contributed by atoms with Crippen LogP contribution in [-0.2, 0) is 46.4 Å². The summed E-state index contributed by atoms with van der Waals surface area (Å²) in [6.07, 6.45) is -4.52. The summed E-state index contributed by atoms with van der Waals surface area (Å²) in [7, 11) is 1.32. The number of nitriles is 1. The highest BCUT2D eigenvalue weighted by Crippen LogP contribution is 2.27. The van der Waals surface area contributed by atoms with E-state index in [0.717, 1.165) is 6.92 Å². The smallest absolute Gasteiger partial charge is 0.303 e. The van der Waals surface area contributed by atoms with E-state index in [2.05, 4.69) is 15.6 Å². The highest BCUT2D eigenvalue weighted by molar-refractivity contribution is 5.77. The summed E-state index contributed by atoms with van der Waals surface area (Å²) in [4.78, 5) is 34.3. The SMILES string of the molecule is COC1OC(Cn2cc(CNC(=O)CC#N)nn2)C(O)C(OC(C)=O)C1OC(C)=O. The van der Waals surface area contributed by atoms with Gasteiger partial charge >= 0.3 is 11.9 Å². The summed E-state index contributed by atoms with van der Waals surface area (Å²) in [5.41, 5.74) is 0.421. The standard InChI is InChI=1S/C17H23N5O8/c1-9(23)28-15-14(26)12(30-17(27-3)16(15)29-10(2)24)8-22-7-11(20-21-22)6-19-13(25)4-5-18/h7,12,14-17,26H,4,6,8H2,1-3H3,(H,19,25). The van der Waals surface area contributed by atoms with Crippen LogP contribution in [0, 0.1) is 11.3 Å². The number of aliphatic hydroxyl groups excluding tert-OH is 1. The molecule has 0 radical (unpaired) electrons. The summed E-state index contributed by atoms with van der Waals surface area (Å²) in [6.45, 7) is 2.40. The van der Waals surface area contributed by atoms with Crippen LogP contribution >= 0.6 is 0 Å². The van der Waals surface area contributed by atoms with E-state index in [1.54, 1.807) is 6.07 Å². The molecule has 0 aliphatic carbocycles. The quantitative estimate of drug-likeness (QED) is 0.459. The molecule has 1 aromatic rings. The Kier molecular flexibility index (Phi) is 8.22. The number of rotatable bonds is 8. The molecule has 1 aliphatic heterocycles. The number of carbonyl (C=O) groups excluding carboxylic acids is 3. The van der Waals surface area contributed by atoms with Gasteiger partial charge in [0.1, 0.15) is 24.3 Å². The van der Waals surface area contributed by atoms with Gasteiger partial charge in [0.15, 0.2) is 18.5 Å². The van der Waals surface area contributed by atoms with Crippen LogP contribution in [-0.4, -0.2) is 75.8 Å². The third-order valence-electron chi connectivity index (χ3n) is 4.11. The Morgan fingerprint density at radius 3 is 2.57 bits per heavy atom.